The van der Waals surface area contributed by atoms with Gasteiger partial charge in [-0.15, -0.1) is 0 Å². The number of anilines is 2. The summed E-state index contributed by atoms with van der Waals surface area (Å²) in [5.74, 6) is 1.96. The molecule has 146 valence electrons. The molecule has 2 heterocycles. The first-order valence-corrected chi connectivity index (χ1v) is 9.57. The third kappa shape index (κ3) is 2.93. The van der Waals surface area contributed by atoms with Gasteiger partial charge in [-0.1, -0.05) is 30.3 Å². The number of hydrogen-bond donors (Lipinski definition) is 1. The lowest BCUT2D eigenvalue weighted by molar-refractivity contribution is 0.0974. The molecule has 0 spiro atoms. The van der Waals surface area contributed by atoms with Crippen LogP contribution >= 0.6 is 0 Å². The van der Waals surface area contributed by atoms with Gasteiger partial charge in [0, 0.05) is 17.3 Å². The molecule has 6 heteroatoms. The van der Waals surface area contributed by atoms with Crippen LogP contribution in [0.5, 0.6) is 17.2 Å². The number of amides is 1. The Morgan fingerprint density at radius 1 is 1.03 bits per heavy atom. The van der Waals surface area contributed by atoms with Crippen molar-refractivity contribution in [3.63, 3.8) is 0 Å². The monoisotopic (exact) mass is 388 g/mol. The van der Waals surface area contributed by atoms with E-state index in [0.29, 0.717) is 23.7 Å². The Balaban J connectivity index is 1.66. The van der Waals surface area contributed by atoms with Crippen LogP contribution < -0.4 is 24.4 Å². The van der Waals surface area contributed by atoms with Gasteiger partial charge in [0.2, 0.25) is 6.79 Å². The summed E-state index contributed by atoms with van der Waals surface area (Å²) in [5, 5.41) is 3.51. The summed E-state index contributed by atoms with van der Waals surface area (Å²) >= 11 is 0. The molecule has 0 aliphatic carbocycles. The molecule has 0 saturated heterocycles. The molecule has 0 bridgehead atoms. The van der Waals surface area contributed by atoms with Crippen LogP contribution in [0.3, 0.4) is 0 Å². The fraction of sp³-hybridized carbons (Fsp3) is 0.174. The number of carbonyl (C=O) groups excluding carboxylic acids is 1. The summed E-state index contributed by atoms with van der Waals surface area (Å²) in [5.41, 5.74) is 3.02. The number of nitrogens with one attached hydrogen (secondary N) is 1. The quantitative estimate of drug-likeness (QED) is 0.709. The summed E-state index contributed by atoms with van der Waals surface area (Å²) in [7, 11) is 0. The zero-order chi connectivity index (χ0) is 19.8. The number of rotatable bonds is 4. The van der Waals surface area contributed by atoms with Crippen LogP contribution in [0.15, 0.2) is 66.7 Å². The fourth-order valence-electron chi connectivity index (χ4n) is 3.77. The van der Waals surface area contributed by atoms with E-state index in [0.717, 1.165) is 22.7 Å². The molecule has 3 aromatic rings. The van der Waals surface area contributed by atoms with Crippen LogP contribution in [-0.2, 0) is 0 Å². The molecule has 29 heavy (non-hydrogen) atoms. The molecule has 0 aromatic heterocycles. The average molecular weight is 388 g/mol. The summed E-state index contributed by atoms with van der Waals surface area (Å²) in [4.78, 5) is 15.3. The number of carbonyl (C=O) groups is 1. The molecule has 2 aliphatic rings. The average Bonchev–Trinajstić information content (AvgIpc) is 3.22. The number of benzene rings is 3. The van der Waals surface area contributed by atoms with Crippen molar-refractivity contribution >= 4 is 17.3 Å². The van der Waals surface area contributed by atoms with E-state index in [4.69, 9.17) is 14.2 Å². The predicted molar refractivity (Wildman–Crippen MR) is 110 cm³/mol. The molecule has 0 fully saturated rings. The second-order valence-electron chi connectivity index (χ2n) is 6.78. The molecule has 1 amide bonds. The Kier molecular flexibility index (Phi) is 4.24. The zero-order valence-electron chi connectivity index (χ0n) is 15.9. The van der Waals surface area contributed by atoms with Crippen molar-refractivity contribution < 1.29 is 19.0 Å². The standard InChI is InChI=1S/C23H20N2O4/c1-2-27-19-10-6-4-8-17(19)22-24-18-9-5-3-7-16(18)23(26)25(22)15-11-12-20-21(13-15)29-14-28-20/h3-13,22,24H,2,14H2,1H3/t22-/m1/s1. The van der Waals surface area contributed by atoms with Crippen molar-refractivity contribution in [2.24, 2.45) is 0 Å². The smallest absolute Gasteiger partial charge is 0.262 e. The molecule has 0 saturated carbocycles. The lowest BCUT2D eigenvalue weighted by Crippen LogP contribution is -2.43. The van der Waals surface area contributed by atoms with Gasteiger partial charge in [-0.25, -0.2) is 0 Å². The largest absolute Gasteiger partial charge is 0.493 e. The van der Waals surface area contributed by atoms with Gasteiger partial charge in [0.1, 0.15) is 11.9 Å². The van der Waals surface area contributed by atoms with Gasteiger partial charge in [-0.2, -0.15) is 0 Å². The van der Waals surface area contributed by atoms with E-state index >= 15 is 0 Å². The van der Waals surface area contributed by atoms with Crippen LogP contribution in [0.25, 0.3) is 0 Å². The minimum absolute atomic E-state index is 0.0884. The third-order valence-corrected chi connectivity index (χ3v) is 5.07. The second-order valence-corrected chi connectivity index (χ2v) is 6.78. The summed E-state index contributed by atoms with van der Waals surface area (Å²) in [6, 6.07) is 20.8. The molecule has 3 aromatic carbocycles. The number of fused-ring (bicyclic) bond motifs is 2. The Morgan fingerprint density at radius 2 is 1.83 bits per heavy atom. The lowest BCUT2D eigenvalue weighted by Gasteiger charge is -2.38. The fourth-order valence-corrected chi connectivity index (χ4v) is 3.77. The minimum Gasteiger partial charge on any atom is -0.493 e. The van der Waals surface area contributed by atoms with Crippen LogP contribution in [0.4, 0.5) is 11.4 Å². The van der Waals surface area contributed by atoms with E-state index < -0.39 is 6.17 Å². The summed E-state index contributed by atoms with van der Waals surface area (Å²) in [6.07, 6.45) is -0.430. The van der Waals surface area contributed by atoms with E-state index in [1.807, 2.05) is 73.7 Å². The number of para-hydroxylation sites is 2. The maximum atomic E-state index is 13.5. The minimum atomic E-state index is -0.430. The third-order valence-electron chi connectivity index (χ3n) is 5.07. The molecular weight excluding hydrogens is 368 g/mol. The SMILES string of the molecule is CCOc1ccccc1[C@@H]1Nc2ccccc2C(=O)N1c1ccc2c(c1)OCO2. The Labute approximate surface area is 168 Å². The topological polar surface area (TPSA) is 60.0 Å². The summed E-state index contributed by atoms with van der Waals surface area (Å²) < 4.78 is 16.8. The van der Waals surface area contributed by atoms with E-state index in [-0.39, 0.29) is 12.7 Å². The van der Waals surface area contributed by atoms with E-state index in [2.05, 4.69) is 5.32 Å². The van der Waals surface area contributed by atoms with Gasteiger partial charge in [0.25, 0.3) is 5.91 Å². The molecule has 6 nitrogen and oxygen atoms in total. The van der Waals surface area contributed by atoms with Crippen molar-refractivity contribution in [2.75, 3.05) is 23.6 Å². The molecule has 1 atom stereocenters. The molecule has 0 unspecified atom stereocenters. The molecule has 5 rings (SSSR count). The highest BCUT2D eigenvalue weighted by Crippen LogP contribution is 2.42. The maximum Gasteiger partial charge on any atom is 0.262 e. The van der Waals surface area contributed by atoms with E-state index in [1.54, 1.807) is 4.90 Å². The molecule has 0 radical (unpaired) electrons. The second kappa shape index (κ2) is 7.05. The highest BCUT2D eigenvalue weighted by molar-refractivity contribution is 6.12. The first kappa shape index (κ1) is 17.4. The van der Waals surface area contributed by atoms with Crippen molar-refractivity contribution in [1.29, 1.82) is 0 Å². The summed E-state index contributed by atoms with van der Waals surface area (Å²) in [6.45, 7) is 2.67. The Hall–Kier alpha value is -3.67. The Morgan fingerprint density at radius 3 is 2.72 bits per heavy atom. The zero-order valence-corrected chi connectivity index (χ0v) is 15.9. The van der Waals surface area contributed by atoms with Gasteiger partial charge >= 0.3 is 0 Å². The van der Waals surface area contributed by atoms with Crippen LogP contribution in [0.2, 0.25) is 0 Å². The first-order chi connectivity index (χ1) is 14.3. The van der Waals surface area contributed by atoms with Gasteiger partial charge in [0.15, 0.2) is 11.5 Å². The van der Waals surface area contributed by atoms with Gasteiger partial charge in [-0.05, 0) is 37.3 Å². The molecular formula is C23H20N2O4. The maximum absolute atomic E-state index is 13.5. The van der Waals surface area contributed by atoms with Crippen LogP contribution in [0.1, 0.15) is 29.0 Å². The first-order valence-electron chi connectivity index (χ1n) is 9.57. The van der Waals surface area contributed by atoms with Crippen LogP contribution in [-0.4, -0.2) is 19.3 Å². The van der Waals surface area contributed by atoms with Gasteiger partial charge < -0.3 is 19.5 Å². The normalized spacial score (nSPS) is 16.9. The highest BCUT2D eigenvalue weighted by atomic mass is 16.7. The van der Waals surface area contributed by atoms with Crippen molar-refractivity contribution in [3.05, 3.63) is 77.9 Å². The lowest BCUT2D eigenvalue weighted by atomic mass is 10.0. The van der Waals surface area contributed by atoms with Gasteiger partial charge in [0.05, 0.1) is 17.9 Å². The van der Waals surface area contributed by atoms with E-state index in [9.17, 15) is 4.79 Å². The highest BCUT2D eigenvalue weighted by Gasteiger charge is 2.36. The van der Waals surface area contributed by atoms with Crippen molar-refractivity contribution in [1.82, 2.24) is 0 Å². The number of hydrogen-bond acceptors (Lipinski definition) is 5. The van der Waals surface area contributed by atoms with Crippen molar-refractivity contribution in [2.45, 2.75) is 13.1 Å². The van der Waals surface area contributed by atoms with Crippen molar-refractivity contribution in [3.8, 4) is 17.2 Å². The van der Waals surface area contributed by atoms with Crippen LogP contribution in [0, 0.1) is 0 Å². The molecule has 1 N–H and O–H groups in total. The molecule has 2 aliphatic heterocycles. The Bertz CT molecular complexity index is 1080. The predicted octanol–water partition coefficient (Wildman–Crippen LogP) is 4.59. The van der Waals surface area contributed by atoms with E-state index in [1.165, 1.54) is 0 Å². The number of ether oxygens (including phenoxy) is 3. The van der Waals surface area contributed by atoms with Gasteiger partial charge in [-0.3, -0.25) is 9.69 Å². The number of nitrogens with zero attached hydrogens (tertiary/aromatic N) is 1.